The topological polar surface area (TPSA) is 61.6 Å². The van der Waals surface area contributed by atoms with E-state index in [-0.39, 0.29) is 11.9 Å². The van der Waals surface area contributed by atoms with Crippen molar-refractivity contribution in [1.29, 1.82) is 0 Å². The van der Waals surface area contributed by atoms with E-state index in [0.29, 0.717) is 6.04 Å². The number of carbonyl (C=O) groups is 1. The van der Waals surface area contributed by atoms with Gasteiger partial charge in [0.25, 0.3) is 0 Å². The third-order valence-electron chi connectivity index (χ3n) is 4.10. The lowest BCUT2D eigenvalue weighted by molar-refractivity contribution is -0.120. The van der Waals surface area contributed by atoms with Crippen molar-refractivity contribution in [3.05, 3.63) is 0 Å². The van der Waals surface area contributed by atoms with Crippen LogP contribution >= 0.6 is 0 Å². The summed E-state index contributed by atoms with van der Waals surface area (Å²) in [5.74, 6) is -0.198. The van der Waals surface area contributed by atoms with Crippen LogP contribution in [0, 0.1) is 0 Å². The van der Waals surface area contributed by atoms with E-state index in [4.69, 9.17) is 5.73 Å². The Kier molecular flexibility index (Phi) is 5.60. The van der Waals surface area contributed by atoms with Crippen molar-refractivity contribution >= 4 is 5.91 Å². The second-order valence-electron chi connectivity index (χ2n) is 5.87. The van der Waals surface area contributed by atoms with Gasteiger partial charge in [-0.1, -0.05) is 6.92 Å². The molecule has 3 N–H and O–H groups in total. The zero-order valence-electron chi connectivity index (χ0n) is 12.1. The number of carbonyl (C=O) groups excluding carboxylic acids is 1. The van der Waals surface area contributed by atoms with Crippen molar-refractivity contribution < 1.29 is 4.79 Å². The zero-order chi connectivity index (χ0) is 13.7. The third kappa shape index (κ3) is 5.09. The van der Waals surface area contributed by atoms with Gasteiger partial charge in [-0.2, -0.15) is 0 Å². The van der Waals surface area contributed by atoms with E-state index < -0.39 is 0 Å². The highest BCUT2D eigenvalue weighted by molar-refractivity contribution is 5.79. The molecule has 110 valence electrons. The van der Waals surface area contributed by atoms with E-state index in [0.717, 1.165) is 39.1 Å². The highest BCUT2D eigenvalue weighted by Crippen LogP contribution is 2.20. The minimum atomic E-state index is -0.198. The van der Waals surface area contributed by atoms with Gasteiger partial charge in [-0.15, -0.1) is 0 Å². The summed E-state index contributed by atoms with van der Waals surface area (Å²) in [7, 11) is 0. The Labute approximate surface area is 116 Å². The Balaban J connectivity index is 1.65. The molecular weight excluding hydrogens is 240 g/mol. The van der Waals surface area contributed by atoms with Gasteiger partial charge < -0.3 is 20.9 Å². The van der Waals surface area contributed by atoms with Crippen molar-refractivity contribution in [1.82, 2.24) is 15.1 Å². The minimum Gasteiger partial charge on any atom is -0.368 e. The van der Waals surface area contributed by atoms with Crippen molar-refractivity contribution in [2.24, 2.45) is 5.73 Å². The Hall–Kier alpha value is -0.650. The Bertz CT molecular complexity index is 285. The third-order valence-corrected chi connectivity index (χ3v) is 4.10. The highest BCUT2D eigenvalue weighted by Gasteiger charge is 2.27. The molecule has 1 heterocycles. The fraction of sp³-hybridized carbons (Fsp3) is 0.929. The molecule has 0 aromatic carbocycles. The summed E-state index contributed by atoms with van der Waals surface area (Å²) in [5, 5.41) is 3.35. The monoisotopic (exact) mass is 268 g/mol. The molecule has 1 saturated heterocycles. The maximum absolute atomic E-state index is 11.4. The molecule has 2 aliphatic rings. The molecule has 2 fully saturated rings. The van der Waals surface area contributed by atoms with E-state index in [1.54, 1.807) is 0 Å². The molecule has 1 saturated carbocycles. The number of nitrogens with zero attached hydrogens (tertiary/aromatic N) is 2. The summed E-state index contributed by atoms with van der Waals surface area (Å²) in [6, 6.07) is 0.403. The summed E-state index contributed by atoms with van der Waals surface area (Å²) in [6.45, 7) is 8.97. The quantitative estimate of drug-likeness (QED) is 0.651. The molecule has 0 aromatic rings. The van der Waals surface area contributed by atoms with E-state index in [1.165, 1.54) is 25.8 Å². The first-order valence-electron chi connectivity index (χ1n) is 7.69. The number of nitrogens with one attached hydrogen (secondary N) is 1. The van der Waals surface area contributed by atoms with E-state index in [9.17, 15) is 4.79 Å². The molecule has 1 aliphatic carbocycles. The standard InChI is InChI=1S/C14H28N4O/c1-2-6-17-8-10-18(11-9-17)7-5-13(14(15)19)16-12-3-4-12/h12-13,16H,2-11H2,1H3,(H2,15,19). The molecule has 1 atom stereocenters. The largest absolute Gasteiger partial charge is 0.368 e. The Morgan fingerprint density at radius 3 is 2.26 bits per heavy atom. The molecule has 0 radical (unpaired) electrons. The number of hydrogen-bond donors (Lipinski definition) is 2. The number of hydrogen-bond acceptors (Lipinski definition) is 4. The van der Waals surface area contributed by atoms with Crippen LogP contribution in [0.3, 0.4) is 0 Å². The molecule has 0 aromatic heterocycles. The Morgan fingerprint density at radius 2 is 1.79 bits per heavy atom. The summed E-state index contributed by atoms with van der Waals surface area (Å²) in [5.41, 5.74) is 5.46. The first-order valence-corrected chi connectivity index (χ1v) is 7.69. The number of amides is 1. The second kappa shape index (κ2) is 7.22. The van der Waals surface area contributed by atoms with Crippen molar-refractivity contribution in [2.45, 2.75) is 44.7 Å². The maximum atomic E-state index is 11.4. The summed E-state index contributed by atoms with van der Waals surface area (Å²) < 4.78 is 0. The summed E-state index contributed by atoms with van der Waals surface area (Å²) in [6.07, 6.45) is 4.47. The SMILES string of the molecule is CCCN1CCN(CCC(NC2CC2)C(N)=O)CC1. The highest BCUT2D eigenvalue weighted by atomic mass is 16.1. The van der Waals surface area contributed by atoms with E-state index >= 15 is 0 Å². The first kappa shape index (κ1) is 14.8. The van der Waals surface area contributed by atoms with Crippen LogP contribution in [0.25, 0.3) is 0 Å². The molecule has 0 bridgehead atoms. The normalized spacial score (nSPS) is 23.4. The second-order valence-corrected chi connectivity index (χ2v) is 5.87. The van der Waals surface area contributed by atoms with Gasteiger partial charge in [0, 0.05) is 38.8 Å². The first-order chi connectivity index (χ1) is 9.19. The number of primary amides is 1. The predicted molar refractivity (Wildman–Crippen MR) is 76.9 cm³/mol. The van der Waals surface area contributed by atoms with Gasteiger partial charge >= 0.3 is 0 Å². The van der Waals surface area contributed by atoms with Gasteiger partial charge in [-0.3, -0.25) is 4.79 Å². The van der Waals surface area contributed by atoms with Gasteiger partial charge in [0.05, 0.1) is 6.04 Å². The zero-order valence-corrected chi connectivity index (χ0v) is 12.1. The maximum Gasteiger partial charge on any atom is 0.234 e. The van der Waals surface area contributed by atoms with E-state index in [2.05, 4.69) is 22.0 Å². The molecule has 5 nitrogen and oxygen atoms in total. The van der Waals surface area contributed by atoms with Gasteiger partial charge in [0.15, 0.2) is 0 Å². The number of piperazine rings is 1. The van der Waals surface area contributed by atoms with Gasteiger partial charge in [-0.05, 0) is 32.2 Å². The average Bonchev–Trinajstić information content (AvgIpc) is 3.20. The van der Waals surface area contributed by atoms with Crippen molar-refractivity contribution in [3.8, 4) is 0 Å². The minimum absolute atomic E-state index is 0.138. The molecular formula is C14H28N4O. The van der Waals surface area contributed by atoms with Crippen LogP contribution in [0.15, 0.2) is 0 Å². The lowest BCUT2D eigenvalue weighted by Crippen LogP contribution is -2.49. The fourth-order valence-corrected chi connectivity index (χ4v) is 2.71. The van der Waals surface area contributed by atoms with Crippen molar-refractivity contribution in [2.75, 3.05) is 39.3 Å². The molecule has 2 rings (SSSR count). The Morgan fingerprint density at radius 1 is 1.21 bits per heavy atom. The lowest BCUT2D eigenvalue weighted by Gasteiger charge is -2.35. The smallest absolute Gasteiger partial charge is 0.234 e. The van der Waals surface area contributed by atoms with Gasteiger partial charge in [-0.25, -0.2) is 0 Å². The van der Waals surface area contributed by atoms with Crippen LogP contribution in [0.1, 0.15) is 32.6 Å². The number of nitrogens with two attached hydrogens (primary N) is 1. The van der Waals surface area contributed by atoms with E-state index in [1.807, 2.05) is 0 Å². The van der Waals surface area contributed by atoms with Crippen LogP contribution < -0.4 is 11.1 Å². The van der Waals surface area contributed by atoms with Crippen LogP contribution in [0.2, 0.25) is 0 Å². The molecule has 19 heavy (non-hydrogen) atoms. The van der Waals surface area contributed by atoms with Gasteiger partial charge in [0.2, 0.25) is 5.91 Å². The van der Waals surface area contributed by atoms with Crippen LogP contribution in [-0.4, -0.2) is 67.1 Å². The van der Waals surface area contributed by atoms with Gasteiger partial charge in [0.1, 0.15) is 0 Å². The van der Waals surface area contributed by atoms with Crippen LogP contribution in [-0.2, 0) is 4.79 Å². The summed E-state index contributed by atoms with van der Waals surface area (Å²) in [4.78, 5) is 16.4. The van der Waals surface area contributed by atoms with Crippen molar-refractivity contribution in [3.63, 3.8) is 0 Å². The lowest BCUT2D eigenvalue weighted by atomic mass is 10.1. The molecule has 1 unspecified atom stereocenters. The number of rotatable bonds is 8. The molecule has 1 amide bonds. The summed E-state index contributed by atoms with van der Waals surface area (Å²) >= 11 is 0. The predicted octanol–water partition coefficient (Wildman–Crippen LogP) is 0.0100. The molecule has 5 heteroatoms. The molecule has 1 aliphatic heterocycles. The van der Waals surface area contributed by atoms with Crippen LogP contribution in [0.5, 0.6) is 0 Å². The molecule has 0 spiro atoms. The fourth-order valence-electron chi connectivity index (χ4n) is 2.71. The average molecular weight is 268 g/mol. The van der Waals surface area contributed by atoms with Crippen LogP contribution in [0.4, 0.5) is 0 Å².